The molecule has 1 heterocycles. The highest BCUT2D eigenvalue weighted by molar-refractivity contribution is 7.98. The molecule has 17 heavy (non-hydrogen) atoms. The molecule has 0 spiro atoms. The SMILES string of the molecule is CCC(CSC)NS(=O)(=O)c1ccsc1CO. The predicted octanol–water partition coefficient (Wildman–Crippen LogP) is 1.66. The molecule has 7 heteroatoms. The summed E-state index contributed by atoms with van der Waals surface area (Å²) in [5.41, 5.74) is 0. The van der Waals surface area contributed by atoms with Crippen LogP contribution >= 0.6 is 23.1 Å². The van der Waals surface area contributed by atoms with Crippen molar-refractivity contribution >= 4 is 33.1 Å². The molecule has 0 fully saturated rings. The molecule has 1 unspecified atom stereocenters. The average Bonchev–Trinajstić information content (AvgIpc) is 2.77. The van der Waals surface area contributed by atoms with Gasteiger partial charge in [0.05, 0.1) is 11.5 Å². The number of thioether (sulfide) groups is 1. The first-order valence-corrected chi connectivity index (χ1v) is 8.99. The van der Waals surface area contributed by atoms with Gasteiger partial charge in [-0.3, -0.25) is 0 Å². The molecule has 0 saturated heterocycles. The van der Waals surface area contributed by atoms with E-state index in [4.69, 9.17) is 5.11 Å². The Labute approximate surface area is 110 Å². The number of rotatable bonds is 7. The zero-order valence-electron chi connectivity index (χ0n) is 9.84. The van der Waals surface area contributed by atoms with Gasteiger partial charge < -0.3 is 5.11 Å². The number of sulfonamides is 1. The normalized spacial score (nSPS) is 13.8. The summed E-state index contributed by atoms with van der Waals surface area (Å²) in [7, 11) is -3.51. The highest BCUT2D eigenvalue weighted by Gasteiger charge is 2.22. The van der Waals surface area contributed by atoms with E-state index in [1.807, 2.05) is 13.2 Å². The van der Waals surface area contributed by atoms with E-state index in [0.29, 0.717) is 4.88 Å². The zero-order valence-corrected chi connectivity index (χ0v) is 12.3. The second-order valence-corrected chi connectivity index (χ2v) is 7.14. The average molecular weight is 295 g/mol. The summed E-state index contributed by atoms with van der Waals surface area (Å²) in [6, 6.07) is 1.46. The summed E-state index contributed by atoms with van der Waals surface area (Å²) < 4.78 is 26.9. The van der Waals surface area contributed by atoms with Crippen molar-refractivity contribution in [2.24, 2.45) is 0 Å². The van der Waals surface area contributed by atoms with Crippen LogP contribution in [0.3, 0.4) is 0 Å². The van der Waals surface area contributed by atoms with Gasteiger partial charge in [-0.2, -0.15) is 11.8 Å². The number of aliphatic hydroxyl groups is 1. The smallest absolute Gasteiger partial charge is 0.242 e. The van der Waals surface area contributed by atoms with E-state index in [9.17, 15) is 8.42 Å². The van der Waals surface area contributed by atoms with Crippen molar-refractivity contribution in [1.82, 2.24) is 4.72 Å². The molecule has 1 atom stereocenters. The number of thiophene rings is 1. The van der Waals surface area contributed by atoms with Crippen molar-refractivity contribution in [3.63, 3.8) is 0 Å². The van der Waals surface area contributed by atoms with Crippen molar-refractivity contribution in [2.75, 3.05) is 12.0 Å². The summed E-state index contributed by atoms with van der Waals surface area (Å²) >= 11 is 2.86. The van der Waals surface area contributed by atoms with Crippen LogP contribution in [0.5, 0.6) is 0 Å². The molecule has 0 amide bonds. The highest BCUT2D eigenvalue weighted by atomic mass is 32.2. The second kappa shape index (κ2) is 6.75. The van der Waals surface area contributed by atoms with Crippen LogP contribution in [-0.2, 0) is 16.6 Å². The Kier molecular flexibility index (Phi) is 5.94. The zero-order chi connectivity index (χ0) is 12.9. The molecule has 4 nitrogen and oxygen atoms in total. The lowest BCUT2D eigenvalue weighted by Gasteiger charge is -2.15. The number of hydrogen-bond donors (Lipinski definition) is 2. The van der Waals surface area contributed by atoms with E-state index >= 15 is 0 Å². The minimum Gasteiger partial charge on any atom is -0.391 e. The molecule has 98 valence electrons. The van der Waals surface area contributed by atoms with Crippen LogP contribution < -0.4 is 4.72 Å². The minimum absolute atomic E-state index is 0.0681. The van der Waals surface area contributed by atoms with Crippen molar-refractivity contribution in [3.8, 4) is 0 Å². The minimum atomic E-state index is -3.51. The van der Waals surface area contributed by atoms with Crippen molar-refractivity contribution in [2.45, 2.75) is 30.9 Å². The van der Waals surface area contributed by atoms with Gasteiger partial charge in [0, 0.05) is 16.7 Å². The van der Waals surface area contributed by atoms with Gasteiger partial charge in [-0.25, -0.2) is 13.1 Å². The van der Waals surface area contributed by atoms with Gasteiger partial charge >= 0.3 is 0 Å². The molecule has 0 aliphatic rings. The van der Waals surface area contributed by atoms with Crippen LogP contribution in [0.15, 0.2) is 16.3 Å². The van der Waals surface area contributed by atoms with Crippen LogP contribution in [0.4, 0.5) is 0 Å². The summed E-state index contributed by atoms with van der Waals surface area (Å²) in [5.74, 6) is 0.744. The Bertz CT molecular complexity index is 441. The lowest BCUT2D eigenvalue weighted by atomic mass is 10.3. The van der Waals surface area contributed by atoms with Crippen molar-refractivity contribution < 1.29 is 13.5 Å². The largest absolute Gasteiger partial charge is 0.391 e. The second-order valence-electron chi connectivity index (χ2n) is 3.55. The third-order valence-electron chi connectivity index (χ3n) is 2.32. The Morgan fingerprint density at radius 1 is 1.59 bits per heavy atom. The fourth-order valence-corrected chi connectivity index (χ4v) is 4.84. The van der Waals surface area contributed by atoms with Gasteiger partial charge in [0.25, 0.3) is 0 Å². The van der Waals surface area contributed by atoms with Gasteiger partial charge in [0.1, 0.15) is 0 Å². The Morgan fingerprint density at radius 2 is 2.29 bits per heavy atom. The summed E-state index contributed by atoms with van der Waals surface area (Å²) in [6.45, 7) is 1.71. The van der Waals surface area contributed by atoms with E-state index < -0.39 is 10.0 Å². The van der Waals surface area contributed by atoms with E-state index in [0.717, 1.165) is 12.2 Å². The molecule has 0 aliphatic carbocycles. The summed E-state index contributed by atoms with van der Waals surface area (Å²) in [4.78, 5) is 0.682. The van der Waals surface area contributed by atoms with Crippen LogP contribution in [0.1, 0.15) is 18.2 Å². The fraction of sp³-hybridized carbons (Fsp3) is 0.600. The number of aliphatic hydroxyl groups excluding tert-OH is 1. The molecular formula is C10H17NO3S3. The van der Waals surface area contributed by atoms with E-state index in [1.54, 1.807) is 17.1 Å². The molecular weight excluding hydrogens is 278 g/mol. The molecule has 0 radical (unpaired) electrons. The molecule has 1 rings (SSSR count). The van der Waals surface area contributed by atoms with Gasteiger partial charge in [0.15, 0.2) is 0 Å². The lowest BCUT2D eigenvalue weighted by molar-refractivity contribution is 0.282. The first-order valence-electron chi connectivity index (χ1n) is 5.23. The molecule has 0 aromatic carbocycles. The van der Waals surface area contributed by atoms with Gasteiger partial charge in [-0.1, -0.05) is 6.92 Å². The third kappa shape index (κ3) is 3.96. The predicted molar refractivity (Wildman–Crippen MR) is 73.0 cm³/mol. The van der Waals surface area contributed by atoms with Crippen LogP contribution in [0.25, 0.3) is 0 Å². The molecule has 1 aromatic heterocycles. The Hall–Kier alpha value is -0.0800. The Morgan fingerprint density at radius 3 is 2.82 bits per heavy atom. The number of hydrogen-bond acceptors (Lipinski definition) is 5. The summed E-state index contributed by atoms with van der Waals surface area (Å²) in [6.07, 6.45) is 2.69. The van der Waals surface area contributed by atoms with Crippen LogP contribution in [0, 0.1) is 0 Å². The fourth-order valence-electron chi connectivity index (χ4n) is 1.40. The maximum absolute atomic E-state index is 12.1. The maximum Gasteiger partial charge on any atom is 0.242 e. The quantitative estimate of drug-likeness (QED) is 0.803. The van der Waals surface area contributed by atoms with E-state index in [-0.39, 0.29) is 17.5 Å². The van der Waals surface area contributed by atoms with Gasteiger partial charge in [0.2, 0.25) is 10.0 Å². The monoisotopic (exact) mass is 295 g/mol. The topological polar surface area (TPSA) is 66.4 Å². The Balaban J connectivity index is 2.88. The maximum atomic E-state index is 12.1. The van der Waals surface area contributed by atoms with Gasteiger partial charge in [-0.05, 0) is 24.1 Å². The first kappa shape index (κ1) is 15.0. The molecule has 2 N–H and O–H groups in total. The van der Waals surface area contributed by atoms with E-state index in [1.165, 1.54) is 17.4 Å². The number of nitrogens with one attached hydrogen (secondary N) is 1. The standard InChI is InChI=1S/C10H17NO3S3/c1-3-8(7-15-2)11-17(13,14)10-4-5-16-9(10)6-12/h4-5,8,11-12H,3,6-7H2,1-2H3. The van der Waals surface area contributed by atoms with Crippen molar-refractivity contribution in [1.29, 1.82) is 0 Å². The highest BCUT2D eigenvalue weighted by Crippen LogP contribution is 2.22. The van der Waals surface area contributed by atoms with Crippen LogP contribution in [0.2, 0.25) is 0 Å². The van der Waals surface area contributed by atoms with E-state index in [2.05, 4.69) is 4.72 Å². The molecule has 1 aromatic rings. The molecule has 0 aliphatic heterocycles. The first-order chi connectivity index (χ1) is 8.05. The van der Waals surface area contributed by atoms with Crippen LogP contribution in [-0.4, -0.2) is 31.6 Å². The van der Waals surface area contributed by atoms with Crippen molar-refractivity contribution in [3.05, 3.63) is 16.3 Å². The summed E-state index contributed by atoms with van der Waals surface area (Å²) in [5, 5.41) is 10.8. The van der Waals surface area contributed by atoms with Gasteiger partial charge in [-0.15, -0.1) is 11.3 Å². The lowest BCUT2D eigenvalue weighted by Crippen LogP contribution is -2.36. The molecule has 0 saturated carbocycles. The molecule has 0 bridgehead atoms. The third-order valence-corrected chi connectivity index (χ3v) is 5.70.